The summed E-state index contributed by atoms with van der Waals surface area (Å²) >= 11 is 0. The minimum atomic E-state index is 0.387. The van der Waals surface area contributed by atoms with Gasteiger partial charge in [-0.25, -0.2) is 0 Å². The Morgan fingerprint density at radius 3 is 2.36 bits per heavy atom. The lowest BCUT2D eigenvalue weighted by Gasteiger charge is -2.16. The van der Waals surface area contributed by atoms with E-state index >= 15 is 0 Å². The van der Waals surface area contributed by atoms with E-state index in [1.54, 1.807) is 0 Å². The van der Waals surface area contributed by atoms with E-state index in [2.05, 4.69) is 50.0 Å². The Hall–Kier alpha value is -1.08. The Morgan fingerprint density at radius 1 is 1.36 bits per heavy atom. The first kappa shape index (κ1) is 11.0. The maximum atomic E-state index is 3.98. The van der Waals surface area contributed by atoms with Gasteiger partial charge in [0.15, 0.2) is 0 Å². The number of aryl methyl sites for hydroxylation is 1. The first-order chi connectivity index (χ1) is 6.63. The molecule has 0 amide bonds. The largest absolute Gasteiger partial charge is 0.313 e. The lowest BCUT2D eigenvalue weighted by molar-refractivity contribution is 0.634. The highest BCUT2D eigenvalue weighted by molar-refractivity contribution is 5.23. The van der Waals surface area contributed by atoms with Gasteiger partial charge in [0.1, 0.15) is 0 Å². The highest BCUT2D eigenvalue weighted by Gasteiger charge is 2.06. The molecule has 1 unspecified atom stereocenters. The summed E-state index contributed by atoms with van der Waals surface area (Å²) in [7, 11) is 1.98. The van der Waals surface area contributed by atoms with Crippen LogP contribution in [0.5, 0.6) is 0 Å². The van der Waals surface area contributed by atoms with Crippen molar-refractivity contribution in [2.75, 3.05) is 7.05 Å². The van der Waals surface area contributed by atoms with Crippen LogP contribution in [0.3, 0.4) is 0 Å². The first-order valence-corrected chi connectivity index (χ1v) is 5.01. The maximum absolute atomic E-state index is 3.98. The van der Waals surface area contributed by atoms with E-state index < -0.39 is 0 Å². The van der Waals surface area contributed by atoms with Crippen molar-refractivity contribution in [1.29, 1.82) is 0 Å². The van der Waals surface area contributed by atoms with Crippen molar-refractivity contribution in [3.8, 4) is 0 Å². The second kappa shape index (κ2) is 4.97. The molecule has 76 valence electrons. The van der Waals surface area contributed by atoms with Crippen LogP contribution in [0.2, 0.25) is 0 Å². The molecule has 0 bridgehead atoms. The average molecular weight is 189 g/mol. The van der Waals surface area contributed by atoms with Gasteiger partial charge in [-0.05, 0) is 32.9 Å². The number of likely N-dealkylation sites (N-methyl/N-ethyl adjacent to an activating group) is 1. The van der Waals surface area contributed by atoms with Crippen molar-refractivity contribution in [3.63, 3.8) is 0 Å². The minimum Gasteiger partial charge on any atom is -0.313 e. The number of rotatable bonds is 4. The van der Waals surface area contributed by atoms with Gasteiger partial charge in [0.25, 0.3) is 0 Å². The smallest absolute Gasteiger partial charge is 0.0311 e. The fourth-order valence-electron chi connectivity index (χ4n) is 1.48. The summed E-state index contributed by atoms with van der Waals surface area (Å²) in [5.74, 6) is 0. The number of nitrogens with one attached hydrogen (secondary N) is 1. The Labute approximate surface area is 86.8 Å². The third-order valence-corrected chi connectivity index (χ3v) is 2.50. The average Bonchev–Trinajstić information content (AvgIpc) is 2.16. The lowest BCUT2D eigenvalue weighted by Crippen LogP contribution is -2.28. The maximum Gasteiger partial charge on any atom is 0.0311 e. The van der Waals surface area contributed by atoms with E-state index in [1.807, 2.05) is 7.05 Å². The Bertz CT molecular complexity index is 298. The zero-order chi connectivity index (χ0) is 10.6. The zero-order valence-electron chi connectivity index (χ0n) is 9.30. The molecule has 1 heteroatoms. The van der Waals surface area contributed by atoms with E-state index in [-0.39, 0.29) is 0 Å². The van der Waals surface area contributed by atoms with E-state index in [0.717, 1.165) is 6.42 Å². The van der Waals surface area contributed by atoms with Crippen LogP contribution in [0, 0.1) is 6.92 Å². The molecular weight excluding hydrogens is 170 g/mol. The van der Waals surface area contributed by atoms with Gasteiger partial charge in [-0.1, -0.05) is 42.0 Å². The van der Waals surface area contributed by atoms with Crippen molar-refractivity contribution in [2.45, 2.75) is 26.3 Å². The summed E-state index contributed by atoms with van der Waals surface area (Å²) in [6.07, 6.45) is 1.02. The summed E-state index contributed by atoms with van der Waals surface area (Å²) in [5.41, 5.74) is 3.86. The molecule has 14 heavy (non-hydrogen) atoms. The predicted molar refractivity (Wildman–Crippen MR) is 62.5 cm³/mol. The van der Waals surface area contributed by atoms with Crippen molar-refractivity contribution < 1.29 is 0 Å². The summed E-state index contributed by atoms with van der Waals surface area (Å²) in [5, 5.41) is 3.27. The van der Waals surface area contributed by atoms with Crippen LogP contribution < -0.4 is 5.32 Å². The topological polar surface area (TPSA) is 12.0 Å². The molecule has 1 atom stereocenters. The van der Waals surface area contributed by atoms with Crippen LogP contribution in [0.25, 0.3) is 0 Å². The van der Waals surface area contributed by atoms with Crippen LogP contribution in [0.4, 0.5) is 0 Å². The van der Waals surface area contributed by atoms with Gasteiger partial charge in [-0.3, -0.25) is 0 Å². The SMILES string of the molecule is C=C(C)C(Cc1ccc(C)cc1)NC. The standard InChI is InChI=1S/C13H19N/c1-10(2)13(14-4)9-12-7-5-11(3)6-8-12/h5-8,13-14H,1,9H2,2-4H3. The summed E-state index contributed by atoms with van der Waals surface area (Å²) < 4.78 is 0. The Balaban J connectivity index is 2.67. The molecule has 1 aromatic rings. The zero-order valence-corrected chi connectivity index (χ0v) is 9.30. The van der Waals surface area contributed by atoms with Crippen molar-refractivity contribution in [1.82, 2.24) is 5.32 Å². The summed E-state index contributed by atoms with van der Waals surface area (Å²) in [6.45, 7) is 8.15. The van der Waals surface area contributed by atoms with E-state index in [1.165, 1.54) is 16.7 Å². The predicted octanol–water partition coefficient (Wildman–Crippen LogP) is 2.70. The van der Waals surface area contributed by atoms with E-state index in [0.29, 0.717) is 6.04 Å². The van der Waals surface area contributed by atoms with Gasteiger partial charge in [0, 0.05) is 6.04 Å². The van der Waals surface area contributed by atoms with Crippen LogP contribution in [0.15, 0.2) is 36.4 Å². The molecule has 0 saturated carbocycles. The summed E-state index contributed by atoms with van der Waals surface area (Å²) in [6, 6.07) is 9.06. The molecule has 0 radical (unpaired) electrons. The van der Waals surface area contributed by atoms with Gasteiger partial charge >= 0.3 is 0 Å². The molecule has 0 aromatic heterocycles. The molecule has 0 aliphatic rings. The molecule has 0 spiro atoms. The molecule has 0 aliphatic heterocycles. The Kier molecular flexibility index (Phi) is 3.90. The number of hydrogen-bond acceptors (Lipinski definition) is 1. The first-order valence-electron chi connectivity index (χ1n) is 5.01. The molecule has 0 fully saturated rings. The fraction of sp³-hybridized carbons (Fsp3) is 0.385. The molecule has 0 saturated heterocycles. The number of hydrogen-bond donors (Lipinski definition) is 1. The second-order valence-corrected chi connectivity index (χ2v) is 3.88. The molecule has 1 rings (SSSR count). The van der Waals surface area contributed by atoms with Crippen LogP contribution in [-0.4, -0.2) is 13.1 Å². The monoisotopic (exact) mass is 189 g/mol. The Morgan fingerprint density at radius 2 is 1.93 bits per heavy atom. The van der Waals surface area contributed by atoms with Crippen LogP contribution in [-0.2, 0) is 6.42 Å². The molecule has 1 aromatic carbocycles. The third-order valence-electron chi connectivity index (χ3n) is 2.50. The third kappa shape index (κ3) is 3.00. The van der Waals surface area contributed by atoms with E-state index in [9.17, 15) is 0 Å². The van der Waals surface area contributed by atoms with Gasteiger partial charge in [-0.15, -0.1) is 0 Å². The van der Waals surface area contributed by atoms with Gasteiger partial charge in [0.2, 0.25) is 0 Å². The highest BCUT2D eigenvalue weighted by atomic mass is 14.9. The quantitative estimate of drug-likeness (QED) is 0.718. The second-order valence-electron chi connectivity index (χ2n) is 3.88. The van der Waals surface area contributed by atoms with Gasteiger partial charge < -0.3 is 5.32 Å². The molecular formula is C13H19N. The van der Waals surface area contributed by atoms with Crippen molar-refractivity contribution in [3.05, 3.63) is 47.5 Å². The highest BCUT2D eigenvalue weighted by Crippen LogP contribution is 2.09. The molecule has 0 aliphatic carbocycles. The molecule has 1 nitrogen and oxygen atoms in total. The van der Waals surface area contributed by atoms with Crippen molar-refractivity contribution in [2.24, 2.45) is 0 Å². The molecule has 0 heterocycles. The van der Waals surface area contributed by atoms with Gasteiger partial charge in [-0.2, -0.15) is 0 Å². The normalized spacial score (nSPS) is 12.5. The van der Waals surface area contributed by atoms with Crippen molar-refractivity contribution >= 4 is 0 Å². The fourth-order valence-corrected chi connectivity index (χ4v) is 1.48. The van der Waals surface area contributed by atoms with Gasteiger partial charge in [0.05, 0.1) is 0 Å². The minimum absolute atomic E-state index is 0.387. The lowest BCUT2D eigenvalue weighted by atomic mass is 10.0. The van der Waals surface area contributed by atoms with Crippen LogP contribution in [0.1, 0.15) is 18.1 Å². The van der Waals surface area contributed by atoms with E-state index in [4.69, 9.17) is 0 Å². The summed E-state index contributed by atoms with van der Waals surface area (Å²) in [4.78, 5) is 0. The molecule has 1 N–H and O–H groups in total. The van der Waals surface area contributed by atoms with Crippen LogP contribution >= 0.6 is 0 Å². The number of benzene rings is 1.